The van der Waals surface area contributed by atoms with Crippen molar-refractivity contribution in [2.75, 3.05) is 18.1 Å². The predicted molar refractivity (Wildman–Crippen MR) is 59.0 cm³/mol. The molecule has 0 unspecified atom stereocenters. The van der Waals surface area contributed by atoms with Gasteiger partial charge in [-0.15, -0.1) is 0 Å². The van der Waals surface area contributed by atoms with Gasteiger partial charge in [-0.2, -0.15) is 23.1 Å². The summed E-state index contributed by atoms with van der Waals surface area (Å²) in [5.41, 5.74) is 6.87. The molecular formula is C9H15NS2. The number of thioether (sulfide) groups is 1. The van der Waals surface area contributed by atoms with Gasteiger partial charge in [0.25, 0.3) is 0 Å². The SMILES string of the molecule is NCCCSCCc1ccsc1. The molecule has 0 fully saturated rings. The molecule has 12 heavy (non-hydrogen) atoms. The normalized spacial score (nSPS) is 10.4. The van der Waals surface area contributed by atoms with E-state index >= 15 is 0 Å². The molecule has 1 nitrogen and oxygen atoms in total. The third-order valence-corrected chi connectivity index (χ3v) is 3.41. The van der Waals surface area contributed by atoms with Gasteiger partial charge >= 0.3 is 0 Å². The molecule has 0 radical (unpaired) electrons. The molecule has 1 heterocycles. The third-order valence-electron chi connectivity index (χ3n) is 1.61. The van der Waals surface area contributed by atoms with Crippen LogP contribution in [0.1, 0.15) is 12.0 Å². The number of thiophene rings is 1. The van der Waals surface area contributed by atoms with Crippen LogP contribution in [-0.2, 0) is 6.42 Å². The second-order valence-corrected chi connectivity index (χ2v) is 4.64. The average Bonchev–Trinajstić information content (AvgIpc) is 2.57. The van der Waals surface area contributed by atoms with Gasteiger partial charge in [0.05, 0.1) is 0 Å². The molecule has 0 saturated heterocycles. The van der Waals surface area contributed by atoms with Crippen molar-refractivity contribution in [3.63, 3.8) is 0 Å². The number of rotatable bonds is 6. The van der Waals surface area contributed by atoms with Crippen LogP contribution in [0.15, 0.2) is 16.8 Å². The summed E-state index contributed by atoms with van der Waals surface area (Å²) in [6.45, 7) is 0.825. The van der Waals surface area contributed by atoms with Crippen LogP contribution in [0.25, 0.3) is 0 Å². The minimum absolute atomic E-state index is 0.825. The molecule has 3 heteroatoms. The molecule has 0 atom stereocenters. The Hall–Kier alpha value is 0.01000. The predicted octanol–water partition coefficient (Wildman–Crippen LogP) is 2.37. The molecule has 0 bridgehead atoms. The summed E-state index contributed by atoms with van der Waals surface area (Å²) < 4.78 is 0. The van der Waals surface area contributed by atoms with Crippen molar-refractivity contribution in [2.45, 2.75) is 12.8 Å². The van der Waals surface area contributed by atoms with Crippen LogP contribution < -0.4 is 5.73 Å². The van der Waals surface area contributed by atoms with E-state index in [0.717, 1.165) is 13.0 Å². The van der Waals surface area contributed by atoms with Gasteiger partial charge in [0.1, 0.15) is 0 Å². The van der Waals surface area contributed by atoms with Crippen LogP contribution in [0, 0.1) is 0 Å². The Balaban J connectivity index is 1.96. The van der Waals surface area contributed by atoms with Crippen LogP contribution in [-0.4, -0.2) is 18.1 Å². The Morgan fingerprint density at radius 2 is 2.33 bits per heavy atom. The van der Waals surface area contributed by atoms with E-state index in [4.69, 9.17) is 5.73 Å². The van der Waals surface area contributed by atoms with Gasteiger partial charge in [-0.1, -0.05) is 0 Å². The van der Waals surface area contributed by atoms with Crippen LogP contribution in [0.4, 0.5) is 0 Å². The summed E-state index contributed by atoms with van der Waals surface area (Å²) in [5.74, 6) is 2.44. The van der Waals surface area contributed by atoms with E-state index in [1.54, 1.807) is 11.3 Å². The zero-order chi connectivity index (χ0) is 8.65. The van der Waals surface area contributed by atoms with Crippen molar-refractivity contribution in [2.24, 2.45) is 5.73 Å². The molecule has 0 saturated carbocycles. The van der Waals surface area contributed by atoms with Crippen molar-refractivity contribution >= 4 is 23.1 Å². The lowest BCUT2D eigenvalue weighted by molar-refractivity contribution is 0.942. The number of aryl methyl sites for hydroxylation is 1. The van der Waals surface area contributed by atoms with Gasteiger partial charge in [-0.25, -0.2) is 0 Å². The van der Waals surface area contributed by atoms with Crippen molar-refractivity contribution in [1.29, 1.82) is 0 Å². The number of hydrogen-bond donors (Lipinski definition) is 1. The van der Waals surface area contributed by atoms with Gasteiger partial charge < -0.3 is 5.73 Å². The first-order chi connectivity index (χ1) is 5.93. The Kier molecular flexibility index (Phi) is 5.48. The van der Waals surface area contributed by atoms with Crippen LogP contribution in [0.2, 0.25) is 0 Å². The second-order valence-electron chi connectivity index (χ2n) is 2.64. The summed E-state index contributed by atoms with van der Waals surface area (Å²) in [6.07, 6.45) is 2.35. The highest BCUT2D eigenvalue weighted by Crippen LogP contribution is 2.10. The summed E-state index contributed by atoms with van der Waals surface area (Å²) in [6, 6.07) is 2.20. The van der Waals surface area contributed by atoms with Gasteiger partial charge in [0.15, 0.2) is 0 Å². The minimum atomic E-state index is 0.825. The van der Waals surface area contributed by atoms with Crippen LogP contribution in [0.3, 0.4) is 0 Å². The molecule has 0 aliphatic carbocycles. The molecule has 0 aliphatic heterocycles. The maximum atomic E-state index is 5.39. The summed E-state index contributed by atoms with van der Waals surface area (Å²) >= 11 is 3.78. The zero-order valence-corrected chi connectivity index (χ0v) is 8.79. The third kappa shape index (κ3) is 4.14. The smallest absolute Gasteiger partial charge is 0.00267 e. The fourth-order valence-corrected chi connectivity index (χ4v) is 2.57. The van der Waals surface area contributed by atoms with Gasteiger partial charge in [0, 0.05) is 0 Å². The van der Waals surface area contributed by atoms with Crippen LogP contribution in [0.5, 0.6) is 0 Å². The largest absolute Gasteiger partial charge is 0.330 e. The first kappa shape index (κ1) is 10.1. The second kappa shape index (κ2) is 6.52. The number of nitrogens with two attached hydrogens (primary N) is 1. The Morgan fingerprint density at radius 1 is 1.42 bits per heavy atom. The molecule has 0 amide bonds. The van der Waals surface area contributed by atoms with Gasteiger partial charge in [-0.05, 0) is 53.3 Å². The monoisotopic (exact) mass is 201 g/mol. The lowest BCUT2D eigenvalue weighted by atomic mass is 10.3. The van der Waals surface area contributed by atoms with E-state index in [1.165, 1.54) is 23.5 Å². The van der Waals surface area contributed by atoms with Crippen molar-refractivity contribution in [1.82, 2.24) is 0 Å². The zero-order valence-electron chi connectivity index (χ0n) is 7.16. The molecule has 68 valence electrons. The molecule has 1 aromatic rings. The highest BCUT2D eigenvalue weighted by Gasteiger charge is 1.92. The topological polar surface area (TPSA) is 26.0 Å². The first-order valence-electron chi connectivity index (χ1n) is 4.22. The summed E-state index contributed by atoms with van der Waals surface area (Å²) in [5, 5.41) is 4.36. The molecule has 2 N–H and O–H groups in total. The molecular weight excluding hydrogens is 186 g/mol. The van der Waals surface area contributed by atoms with Gasteiger partial charge in [0.2, 0.25) is 0 Å². The van der Waals surface area contributed by atoms with Crippen molar-refractivity contribution in [3.8, 4) is 0 Å². The van der Waals surface area contributed by atoms with E-state index in [9.17, 15) is 0 Å². The summed E-state index contributed by atoms with van der Waals surface area (Å²) in [7, 11) is 0. The summed E-state index contributed by atoms with van der Waals surface area (Å²) in [4.78, 5) is 0. The first-order valence-corrected chi connectivity index (χ1v) is 6.32. The maximum Gasteiger partial charge on any atom is -0.00267 e. The Bertz CT molecular complexity index is 184. The fourth-order valence-electron chi connectivity index (χ4n) is 0.912. The van der Waals surface area contributed by atoms with E-state index in [-0.39, 0.29) is 0 Å². The Labute approximate surface area is 82.4 Å². The molecule has 0 aliphatic rings. The molecule has 0 spiro atoms. The lowest BCUT2D eigenvalue weighted by Crippen LogP contribution is -2.00. The highest BCUT2D eigenvalue weighted by molar-refractivity contribution is 7.99. The maximum absolute atomic E-state index is 5.39. The fraction of sp³-hybridized carbons (Fsp3) is 0.556. The standard InChI is InChI=1S/C9H15NS2/c10-4-1-5-11-6-2-9-3-7-12-8-9/h3,7-8H,1-2,4-6,10H2. The Morgan fingerprint density at radius 3 is 3.00 bits per heavy atom. The molecule has 1 rings (SSSR count). The minimum Gasteiger partial charge on any atom is -0.330 e. The van der Waals surface area contributed by atoms with Crippen molar-refractivity contribution < 1.29 is 0 Å². The average molecular weight is 201 g/mol. The highest BCUT2D eigenvalue weighted by atomic mass is 32.2. The number of hydrogen-bond acceptors (Lipinski definition) is 3. The molecule has 1 aromatic heterocycles. The molecule has 0 aromatic carbocycles. The van der Waals surface area contributed by atoms with E-state index in [0.29, 0.717) is 0 Å². The van der Waals surface area contributed by atoms with E-state index < -0.39 is 0 Å². The van der Waals surface area contributed by atoms with E-state index in [2.05, 4.69) is 16.8 Å². The lowest BCUT2D eigenvalue weighted by Gasteiger charge is -1.98. The quantitative estimate of drug-likeness (QED) is 0.715. The van der Waals surface area contributed by atoms with Crippen molar-refractivity contribution in [3.05, 3.63) is 22.4 Å². The van der Waals surface area contributed by atoms with E-state index in [1.807, 2.05) is 11.8 Å². The van der Waals surface area contributed by atoms with Gasteiger partial charge in [-0.3, -0.25) is 0 Å². The van der Waals surface area contributed by atoms with Crippen LogP contribution >= 0.6 is 23.1 Å².